The summed E-state index contributed by atoms with van der Waals surface area (Å²) in [5.74, 6) is 0. The van der Waals surface area contributed by atoms with E-state index >= 15 is 0 Å². The molecule has 1 aromatic carbocycles. The first-order chi connectivity index (χ1) is 10.4. The van der Waals surface area contributed by atoms with E-state index in [0.29, 0.717) is 0 Å². The van der Waals surface area contributed by atoms with Crippen molar-refractivity contribution < 1.29 is 0 Å². The number of aryl methyl sites for hydroxylation is 1. The molecule has 0 aliphatic heterocycles. The molecular weight excluding hydrogens is 302 g/mol. The van der Waals surface area contributed by atoms with Crippen LogP contribution in [-0.4, -0.2) is 25.2 Å². The first-order valence-electron chi connectivity index (χ1n) is 6.82. The van der Waals surface area contributed by atoms with Gasteiger partial charge in [-0.1, -0.05) is 43.7 Å². The lowest BCUT2D eigenvalue weighted by molar-refractivity contribution is 0.518. The first kappa shape index (κ1) is 14.2. The van der Waals surface area contributed by atoms with E-state index in [1.165, 1.54) is 11.8 Å². The van der Waals surface area contributed by atoms with Crippen molar-refractivity contribution in [3.8, 4) is 11.3 Å². The molecule has 7 heteroatoms. The third-order valence-electron chi connectivity index (χ3n) is 2.95. The van der Waals surface area contributed by atoms with Gasteiger partial charge in [0.05, 0.1) is 5.69 Å². The Labute approximate surface area is 131 Å². The highest BCUT2D eigenvalue weighted by atomic mass is 32.2. The number of hydrogen-bond acceptors (Lipinski definition) is 6. The van der Waals surface area contributed by atoms with E-state index < -0.39 is 0 Å². The van der Waals surface area contributed by atoms with Crippen LogP contribution in [0.25, 0.3) is 11.3 Å². The highest BCUT2D eigenvalue weighted by Gasteiger charge is 2.11. The van der Waals surface area contributed by atoms with Crippen molar-refractivity contribution >= 4 is 23.1 Å². The Bertz CT molecular complexity index is 692. The summed E-state index contributed by atoms with van der Waals surface area (Å²) in [7, 11) is 0. The van der Waals surface area contributed by atoms with Crippen molar-refractivity contribution in [1.29, 1.82) is 0 Å². The Hall–Kier alpha value is -1.73. The second kappa shape index (κ2) is 6.82. The molecule has 0 amide bonds. The molecule has 5 nitrogen and oxygen atoms in total. The average Bonchev–Trinajstić information content (AvgIpc) is 3.16. The zero-order valence-electron chi connectivity index (χ0n) is 11.6. The minimum atomic E-state index is 0.803. The molecule has 0 aliphatic carbocycles. The van der Waals surface area contributed by atoms with Gasteiger partial charge in [-0.25, -0.2) is 9.67 Å². The molecular formula is C14H15N5S2. The molecule has 0 saturated carbocycles. The van der Waals surface area contributed by atoms with E-state index in [1.54, 1.807) is 11.3 Å². The van der Waals surface area contributed by atoms with Crippen molar-refractivity contribution in [2.45, 2.75) is 35.8 Å². The Morgan fingerprint density at radius 2 is 2.10 bits per heavy atom. The van der Waals surface area contributed by atoms with Gasteiger partial charge in [-0.15, -0.1) is 16.4 Å². The number of thiazole rings is 1. The van der Waals surface area contributed by atoms with Gasteiger partial charge < -0.3 is 0 Å². The summed E-state index contributed by atoms with van der Waals surface area (Å²) in [5, 5.41) is 14.7. The standard InChI is InChI=1S/C14H15N5S2/c1-2-3-9-19-13(16-17-18-19)21-14-15-12(10-20-14)11-7-5-4-6-8-11/h4-8,10H,2-3,9H2,1H3. The van der Waals surface area contributed by atoms with Crippen LogP contribution in [0.4, 0.5) is 0 Å². The van der Waals surface area contributed by atoms with Gasteiger partial charge in [0.15, 0.2) is 4.34 Å². The largest absolute Gasteiger partial charge is 0.229 e. The number of nitrogens with zero attached hydrogens (tertiary/aromatic N) is 5. The van der Waals surface area contributed by atoms with Crippen LogP contribution in [0, 0.1) is 0 Å². The van der Waals surface area contributed by atoms with Gasteiger partial charge in [-0.2, -0.15) is 0 Å². The van der Waals surface area contributed by atoms with Gasteiger partial charge in [0.2, 0.25) is 5.16 Å². The molecule has 2 aromatic heterocycles. The smallest absolute Gasteiger partial charge is 0.216 e. The summed E-state index contributed by atoms with van der Waals surface area (Å²) in [6.45, 7) is 3.01. The fraction of sp³-hybridized carbons (Fsp3) is 0.286. The Morgan fingerprint density at radius 1 is 1.24 bits per heavy atom. The number of aromatic nitrogens is 5. The molecule has 0 aliphatic rings. The highest BCUT2D eigenvalue weighted by molar-refractivity contribution is 8.00. The van der Waals surface area contributed by atoms with Crippen LogP contribution in [0.5, 0.6) is 0 Å². The van der Waals surface area contributed by atoms with Crippen LogP contribution in [0.3, 0.4) is 0 Å². The fourth-order valence-electron chi connectivity index (χ4n) is 1.84. The monoisotopic (exact) mass is 317 g/mol. The van der Waals surface area contributed by atoms with Gasteiger partial charge in [-0.3, -0.25) is 0 Å². The summed E-state index contributed by atoms with van der Waals surface area (Å²) in [4.78, 5) is 4.65. The number of tetrazole rings is 1. The van der Waals surface area contributed by atoms with Gasteiger partial charge in [0.1, 0.15) is 0 Å². The molecule has 0 bridgehead atoms. The second-order valence-electron chi connectivity index (χ2n) is 4.50. The van der Waals surface area contributed by atoms with Crippen molar-refractivity contribution in [1.82, 2.24) is 25.2 Å². The zero-order valence-corrected chi connectivity index (χ0v) is 13.3. The molecule has 2 heterocycles. The third kappa shape index (κ3) is 3.48. The molecule has 0 fully saturated rings. The maximum atomic E-state index is 4.65. The quantitative estimate of drug-likeness (QED) is 0.693. The van der Waals surface area contributed by atoms with Crippen LogP contribution in [0.15, 0.2) is 45.2 Å². The maximum Gasteiger partial charge on any atom is 0.216 e. The van der Waals surface area contributed by atoms with Crippen LogP contribution in [0.2, 0.25) is 0 Å². The average molecular weight is 317 g/mol. The van der Waals surface area contributed by atoms with Crippen LogP contribution >= 0.6 is 23.1 Å². The minimum Gasteiger partial charge on any atom is -0.229 e. The number of unbranched alkanes of at least 4 members (excludes halogenated alkanes) is 1. The second-order valence-corrected chi connectivity index (χ2v) is 6.58. The zero-order chi connectivity index (χ0) is 14.5. The van der Waals surface area contributed by atoms with E-state index in [-0.39, 0.29) is 0 Å². The van der Waals surface area contributed by atoms with Gasteiger partial charge in [-0.05, 0) is 28.6 Å². The van der Waals surface area contributed by atoms with E-state index in [2.05, 4.69) is 44.9 Å². The van der Waals surface area contributed by atoms with Gasteiger partial charge in [0.25, 0.3) is 0 Å². The van der Waals surface area contributed by atoms with Crippen LogP contribution in [-0.2, 0) is 6.54 Å². The summed E-state index contributed by atoms with van der Waals surface area (Å²) in [6.07, 6.45) is 2.20. The summed E-state index contributed by atoms with van der Waals surface area (Å²) < 4.78 is 2.80. The number of benzene rings is 1. The molecule has 108 valence electrons. The number of hydrogen-bond donors (Lipinski definition) is 0. The normalized spacial score (nSPS) is 10.9. The van der Waals surface area contributed by atoms with Crippen molar-refractivity contribution in [3.63, 3.8) is 0 Å². The maximum absolute atomic E-state index is 4.65. The molecule has 0 radical (unpaired) electrons. The summed E-state index contributed by atoms with van der Waals surface area (Å²) in [6, 6.07) is 10.2. The minimum absolute atomic E-state index is 0.803. The molecule has 0 saturated heterocycles. The Morgan fingerprint density at radius 3 is 2.90 bits per heavy atom. The Balaban J connectivity index is 1.74. The van der Waals surface area contributed by atoms with Crippen LogP contribution in [0.1, 0.15) is 19.8 Å². The topological polar surface area (TPSA) is 56.5 Å². The third-order valence-corrected chi connectivity index (χ3v) is 4.87. The van der Waals surface area contributed by atoms with Crippen LogP contribution < -0.4 is 0 Å². The van der Waals surface area contributed by atoms with E-state index in [1.807, 2.05) is 22.9 Å². The number of rotatable bonds is 6. The summed E-state index contributed by atoms with van der Waals surface area (Å²) >= 11 is 3.14. The van der Waals surface area contributed by atoms with Crippen molar-refractivity contribution in [2.24, 2.45) is 0 Å². The highest BCUT2D eigenvalue weighted by Crippen LogP contribution is 2.31. The molecule has 21 heavy (non-hydrogen) atoms. The molecule has 3 aromatic rings. The molecule has 0 atom stereocenters. The predicted molar refractivity (Wildman–Crippen MR) is 84.4 cm³/mol. The van der Waals surface area contributed by atoms with E-state index in [4.69, 9.17) is 0 Å². The Kier molecular flexibility index (Phi) is 4.62. The van der Waals surface area contributed by atoms with E-state index in [0.717, 1.165) is 40.1 Å². The van der Waals surface area contributed by atoms with E-state index in [9.17, 15) is 0 Å². The van der Waals surface area contributed by atoms with Crippen molar-refractivity contribution in [3.05, 3.63) is 35.7 Å². The van der Waals surface area contributed by atoms with Gasteiger partial charge in [0, 0.05) is 17.5 Å². The SMILES string of the molecule is CCCCn1nnnc1Sc1nc(-c2ccccc2)cs1. The predicted octanol–water partition coefficient (Wildman–Crippen LogP) is 3.75. The lowest BCUT2D eigenvalue weighted by Crippen LogP contribution is -2.01. The lowest BCUT2D eigenvalue weighted by Gasteiger charge is -2.00. The molecule has 0 N–H and O–H groups in total. The molecule has 0 unspecified atom stereocenters. The lowest BCUT2D eigenvalue weighted by atomic mass is 10.2. The van der Waals surface area contributed by atoms with Gasteiger partial charge >= 0.3 is 0 Å². The molecule has 0 spiro atoms. The first-order valence-corrected chi connectivity index (χ1v) is 8.51. The summed E-state index contributed by atoms with van der Waals surface area (Å²) in [5.41, 5.74) is 2.13. The van der Waals surface area contributed by atoms with Crippen molar-refractivity contribution in [2.75, 3.05) is 0 Å². The fourth-order valence-corrected chi connectivity index (χ4v) is 3.56. The molecule has 3 rings (SSSR count).